The number of methoxy groups -OCH3 is 2. The van der Waals surface area contributed by atoms with Crippen LogP contribution in [0.3, 0.4) is 0 Å². The average Bonchev–Trinajstić information content (AvgIpc) is 3.52. The minimum Gasteiger partial charge on any atom is -0.493 e. The number of hydrogen-bond donors (Lipinski definition) is 1. The molecule has 0 amide bonds. The monoisotopic (exact) mass is 554 g/mol. The molecule has 0 spiro atoms. The molecule has 2 aliphatic heterocycles. The molecule has 32 heavy (non-hydrogen) atoms. The fourth-order valence-corrected chi connectivity index (χ4v) is 5.57. The Labute approximate surface area is 210 Å². The average molecular weight is 555 g/mol. The second-order valence-electron chi connectivity index (χ2n) is 9.13. The smallest absolute Gasteiger partial charge is 0.193 e. The second kappa shape index (κ2) is 11.6. The van der Waals surface area contributed by atoms with Gasteiger partial charge in [-0.3, -0.25) is 9.89 Å². The van der Waals surface area contributed by atoms with Crippen LogP contribution in [-0.4, -0.2) is 75.8 Å². The normalized spacial score (nSPS) is 23.2. The van der Waals surface area contributed by atoms with Gasteiger partial charge in [-0.15, -0.1) is 24.0 Å². The van der Waals surface area contributed by atoms with Crippen LogP contribution >= 0.6 is 24.0 Å². The zero-order chi connectivity index (χ0) is 21.7. The van der Waals surface area contributed by atoms with E-state index in [0.717, 1.165) is 50.2 Å². The first-order chi connectivity index (χ1) is 15.2. The summed E-state index contributed by atoms with van der Waals surface area (Å²) in [6.07, 6.45) is 12.0. The van der Waals surface area contributed by atoms with Crippen molar-refractivity contribution >= 4 is 29.9 Å². The van der Waals surface area contributed by atoms with Crippen LogP contribution in [0.15, 0.2) is 35.3 Å². The summed E-state index contributed by atoms with van der Waals surface area (Å²) in [6.45, 7) is 5.22. The number of nitrogens with one attached hydrogen (secondary N) is 1. The van der Waals surface area contributed by atoms with Crippen LogP contribution in [0.1, 0.15) is 44.1 Å². The Morgan fingerprint density at radius 3 is 2.47 bits per heavy atom. The van der Waals surface area contributed by atoms with E-state index in [1.54, 1.807) is 14.2 Å². The van der Waals surface area contributed by atoms with Gasteiger partial charge >= 0.3 is 0 Å². The molecule has 6 nitrogen and oxygen atoms in total. The SMILES string of the molecule is CN=C(NCC1(c2ccc(OC)c(OC)c2)CCCCC1)N1CCC(N2CC=CC2)C1.I. The van der Waals surface area contributed by atoms with Crippen LogP contribution < -0.4 is 14.8 Å². The molecule has 0 aromatic heterocycles. The van der Waals surface area contributed by atoms with E-state index in [-0.39, 0.29) is 29.4 Å². The second-order valence-corrected chi connectivity index (χ2v) is 9.13. The zero-order valence-corrected chi connectivity index (χ0v) is 22.1. The summed E-state index contributed by atoms with van der Waals surface area (Å²) in [5.41, 5.74) is 1.45. The third-order valence-corrected chi connectivity index (χ3v) is 7.43. The maximum absolute atomic E-state index is 5.61. The van der Waals surface area contributed by atoms with Gasteiger partial charge in [-0.05, 0) is 37.0 Å². The van der Waals surface area contributed by atoms with Crippen LogP contribution in [0.5, 0.6) is 11.5 Å². The lowest BCUT2D eigenvalue weighted by atomic mass is 9.69. The van der Waals surface area contributed by atoms with Crippen molar-refractivity contribution in [3.63, 3.8) is 0 Å². The Kier molecular flexibility index (Phi) is 9.11. The number of ether oxygens (including phenoxy) is 2. The molecule has 7 heteroatoms. The van der Waals surface area contributed by atoms with E-state index in [4.69, 9.17) is 9.47 Å². The van der Waals surface area contributed by atoms with Crippen LogP contribution in [0.2, 0.25) is 0 Å². The highest BCUT2D eigenvalue weighted by molar-refractivity contribution is 14.0. The Hall–Kier alpha value is -1.48. The quantitative estimate of drug-likeness (QED) is 0.249. The summed E-state index contributed by atoms with van der Waals surface area (Å²) in [5, 5.41) is 3.77. The van der Waals surface area contributed by atoms with E-state index in [9.17, 15) is 0 Å². The molecule has 3 aliphatic rings. The topological polar surface area (TPSA) is 49.3 Å². The minimum atomic E-state index is 0. The summed E-state index contributed by atoms with van der Waals surface area (Å²) < 4.78 is 11.1. The Bertz CT molecular complexity index is 799. The van der Waals surface area contributed by atoms with Gasteiger partial charge in [0.05, 0.1) is 14.2 Å². The van der Waals surface area contributed by atoms with Crippen molar-refractivity contribution in [3.05, 3.63) is 35.9 Å². The third-order valence-electron chi connectivity index (χ3n) is 7.43. The highest BCUT2D eigenvalue weighted by Crippen LogP contribution is 2.42. The molecule has 1 unspecified atom stereocenters. The fraction of sp³-hybridized carbons (Fsp3) is 0.640. The van der Waals surface area contributed by atoms with Crippen LogP contribution in [0.4, 0.5) is 0 Å². The van der Waals surface area contributed by atoms with Crippen molar-refractivity contribution in [2.45, 2.75) is 50.0 Å². The fourth-order valence-electron chi connectivity index (χ4n) is 5.57. The molecule has 1 saturated carbocycles. The molecule has 1 N–H and O–H groups in total. The van der Waals surface area contributed by atoms with Crippen molar-refractivity contribution in [2.24, 2.45) is 4.99 Å². The number of likely N-dealkylation sites (tertiary alicyclic amines) is 1. The van der Waals surface area contributed by atoms with E-state index in [1.807, 2.05) is 7.05 Å². The van der Waals surface area contributed by atoms with Gasteiger partial charge in [0.1, 0.15) is 0 Å². The first-order valence-electron chi connectivity index (χ1n) is 11.8. The summed E-state index contributed by atoms with van der Waals surface area (Å²) >= 11 is 0. The Balaban J connectivity index is 0.00000289. The van der Waals surface area contributed by atoms with Gasteiger partial charge in [-0.25, -0.2) is 0 Å². The highest BCUT2D eigenvalue weighted by Gasteiger charge is 2.36. The van der Waals surface area contributed by atoms with E-state index < -0.39 is 0 Å². The lowest BCUT2D eigenvalue weighted by Crippen LogP contribution is -2.48. The highest BCUT2D eigenvalue weighted by atomic mass is 127. The van der Waals surface area contributed by atoms with Gasteiger partial charge < -0.3 is 19.7 Å². The molecule has 4 rings (SSSR count). The first kappa shape index (κ1) is 25.1. The standard InChI is InChI=1S/C25H38N4O2.HI/c1-26-24(29-16-11-21(18-29)28-14-7-8-15-28)27-19-25(12-5-4-6-13-25)20-9-10-22(30-2)23(17-20)31-3;/h7-10,17,21H,4-6,11-16,18-19H2,1-3H3,(H,26,27);1H. The molecule has 0 radical (unpaired) electrons. The first-order valence-corrected chi connectivity index (χ1v) is 11.8. The van der Waals surface area contributed by atoms with Crippen molar-refractivity contribution < 1.29 is 9.47 Å². The summed E-state index contributed by atoms with van der Waals surface area (Å²) in [5.74, 6) is 2.65. The predicted octanol–water partition coefficient (Wildman–Crippen LogP) is 4.05. The molecule has 1 atom stereocenters. The van der Waals surface area contributed by atoms with E-state index in [2.05, 4.69) is 50.5 Å². The molecule has 2 heterocycles. The van der Waals surface area contributed by atoms with Gasteiger partial charge in [0, 0.05) is 51.2 Å². The molecular formula is C25H39IN4O2. The maximum atomic E-state index is 5.61. The Morgan fingerprint density at radius 2 is 1.81 bits per heavy atom. The van der Waals surface area contributed by atoms with Crippen molar-refractivity contribution in [1.82, 2.24) is 15.1 Å². The van der Waals surface area contributed by atoms with Gasteiger partial charge in [0.15, 0.2) is 17.5 Å². The number of rotatable bonds is 6. The minimum absolute atomic E-state index is 0. The molecule has 0 bridgehead atoms. The molecular weight excluding hydrogens is 515 g/mol. The van der Waals surface area contributed by atoms with Gasteiger partial charge in [0.25, 0.3) is 0 Å². The van der Waals surface area contributed by atoms with Crippen molar-refractivity contribution in [3.8, 4) is 11.5 Å². The largest absolute Gasteiger partial charge is 0.493 e. The number of guanidine groups is 1. The number of benzene rings is 1. The number of hydrogen-bond acceptors (Lipinski definition) is 4. The lowest BCUT2D eigenvalue weighted by Gasteiger charge is -2.39. The molecule has 178 valence electrons. The van der Waals surface area contributed by atoms with E-state index in [0.29, 0.717) is 6.04 Å². The van der Waals surface area contributed by atoms with Crippen molar-refractivity contribution in [2.75, 3.05) is 54.0 Å². The Morgan fingerprint density at radius 1 is 1.09 bits per heavy atom. The van der Waals surface area contributed by atoms with Gasteiger partial charge in [0.2, 0.25) is 0 Å². The van der Waals surface area contributed by atoms with Crippen LogP contribution in [0.25, 0.3) is 0 Å². The van der Waals surface area contributed by atoms with E-state index >= 15 is 0 Å². The number of halogens is 1. The summed E-state index contributed by atoms with van der Waals surface area (Å²) in [4.78, 5) is 9.66. The van der Waals surface area contributed by atoms with Gasteiger partial charge in [-0.1, -0.05) is 37.5 Å². The number of nitrogens with zero attached hydrogens (tertiary/aromatic N) is 3. The molecule has 1 aromatic carbocycles. The maximum Gasteiger partial charge on any atom is 0.193 e. The number of aliphatic imine (C=N–C) groups is 1. The molecule has 2 fully saturated rings. The molecule has 1 saturated heterocycles. The van der Waals surface area contributed by atoms with Crippen molar-refractivity contribution in [1.29, 1.82) is 0 Å². The zero-order valence-electron chi connectivity index (χ0n) is 19.8. The predicted molar refractivity (Wildman–Crippen MR) is 142 cm³/mol. The molecule has 1 aliphatic carbocycles. The van der Waals surface area contributed by atoms with E-state index in [1.165, 1.54) is 44.1 Å². The lowest BCUT2D eigenvalue weighted by molar-refractivity contribution is 0.257. The van der Waals surface area contributed by atoms with Crippen LogP contribution in [-0.2, 0) is 5.41 Å². The van der Waals surface area contributed by atoms with Crippen LogP contribution in [0, 0.1) is 0 Å². The van der Waals surface area contributed by atoms with Gasteiger partial charge in [-0.2, -0.15) is 0 Å². The third kappa shape index (κ3) is 5.35. The molecule has 1 aromatic rings. The summed E-state index contributed by atoms with van der Waals surface area (Å²) in [7, 11) is 5.33. The summed E-state index contributed by atoms with van der Waals surface area (Å²) in [6, 6.07) is 7.08.